The standard InChI is InChI=1S/C18H24N2O3S/c1-19(2)14-5-6-17-18(10-14)23-8-7-20(17)11-15(21)12-22-13-16-4-3-9-24-16/h3-6,9-10,15,21H,7-8,11-13H2,1-2H3. The molecule has 1 aliphatic heterocycles. The lowest BCUT2D eigenvalue weighted by Crippen LogP contribution is -2.40. The highest BCUT2D eigenvalue weighted by Crippen LogP contribution is 2.34. The summed E-state index contributed by atoms with van der Waals surface area (Å²) in [4.78, 5) is 5.39. The molecule has 24 heavy (non-hydrogen) atoms. The van der Waals surface area contributed by atoms with Gasteiger partial charge in [0.15, 0.2) is 0 Å². The number of rotatable bonds is 7. The molecule has 1 atom stereocenters. The van der Waals surface area contributed by atoms with Crippen molar-refractivity contribution in [2.45, 2.75) is 12.7 Å². The van der Waals surface area contributed by atoms with E-state index in [1.54, 1.807) is 11.3 Å². The van der Waals surface area contributed by atoms with Gasteiger partial charge in [-0.1, -0.05) is 6.07 Å². The normalized spacial score (nSPS) is 14.9. The fourth-order valence-corrected chi connectivity index (χ4v) is 3.37. The predicted molar refractivity (Wildman–Crippen MR) is 98.5 cm³/mol. The third-order valence-corrected chi connectivity index (χ3v) is 4.83. The molecule has 0 aliphatic carbocycles. The summed E-state index contributed by atoms with van der Waals surface area (Å²) in [5.74, 6) is 0.874. The maximum atomic E-state index is 10.3. The minimum absolute atomic E-state index is 0.334. The highest BCUT2D eigenvalue weighted by molar-refractivity contribution is 7.09. The van der Waals surface area contributed by atoms with Crippen LogP contribution in [0, 0.1) is 0 Å². The summed E-state index contributed by atoms with van der Waals surface area (Å²) in [6.45, 7) is 2.84. The molecular weight excluding hydrogens is 324 g/mol. The topological polar surface area (TPSA) is 45.2 Å². The molecular formula is C18H24N2O3S. The average molecular weight is 348 g/mol. The predicted octanol–water partition coefficient (Wildman–Crippen LogP) is 2.59. The van der Waals surface area contributed by atoms with E-state index in [2.05, 4.69) is 21.9 Å². The summed E-state index contributed by atoms with van der Waals surface area (Å²) in [7, 11) is 4.02. The number of nitrogens with zero attached hydrogens (tertiary/aromatic N) is 2. The summed E-state index contributed by atoms with van der Waals surface area (Å²) < 4.78 is 11.4. The minimum Gasteiger partial charge on any atom is -0.489 e. The van der Waals surface area contributed by atoms with E-state index >= 15 is 0 Å². The lowest BCUT2D eigenvalue weighted by atomic mass is 10.2. The Kier molecular flexibility index (Phi) is 5.60. The second-order valence-corrected chi connectivity index (χ2v) is 7.12. The van der Waals surface area contributed by atoms with Gasteiger partial charge in [0.25, 0.3) is 0 Å². The smallest absolute Gasteiger partial charge is 0.144 e. The lowest BCUT2D eigenvalue weighted by molar-refractivity contribution is 0.0324. The van der Waals surface area contributed by atoms with Gasteiger partial charge in [0.1, 0.15) is 12.4 Å². The van der Waals surface area contributed by atoms with Gasteiger partial charge in [-0.3, -0.25) is 0 Å². The molecule has 1 N–H and O–H groups in total. The Bertz CT molecular complexity index is 646. The van der Waals surface area contributed by atoms with Crippen molar-refractivity contribution in [1.82, 2.24) is 0 Å². The van der Waals surface area contributed by atoms with Gasteiger partial charge in [-0.05, 0) is 23.6 Å². The van der Waals surface area contributed by atoms with Crippen LogP contribution in [0.2, 0.25) is 0 Å². The van der Waals surface area contributed by atoms with Crippen molar-refractivity contribution in [2.24, 2.45) is 0 Å². The summed E-state index contributed by atoms with van der Waals surface area (Å²) >= 11 is 1.67. The van der Waals surface area contributed by atoms with Crippen molar-refractivity contribution in [3.63, 3.8) is 0 Å². The molecule has 0 radical (unpaired) electrons. The van der Waals surface area contributed by atoms with Crippen molar-refractivity contribution < 1.29 is 14.6 Å². The first kappa shape index (κ1) is 17.1. The SMILES string of the molecule is CN(C)c1ccc2c(c1)OCCN2CC(O)COCc1cccs1. The molecule has 1 aromatic heterocycles. The monoisotopic (exact) mass is 348 g/mol. The number of hydrogen-bond donors (Lipinski definition) is 1. The van der Waals surface area contributed by atoms with E-state index in [0.717, 1.165) is 23.7 Å². The van der Waals surface area contributed by atoms with Crippen LogP contribution < -0.4 is 14.5 Å². The van der Waals surface area contributed by atoms with Crippen molar-refractivity contribution in [2.75, 3.05) is 50.2 Å². The first-order chi connectivity index (χ1) is 11.6. The molecule has 5 nitrogen and oxygen atoms in total. The number of anilines is 2. The highest BCUT2D eigenvalue weighted by Gasteiger charge is 2.21. The molecule has 1 unspecified atom stereocenters. The fraction of sp³-hybridized carbons (Fsp3) is 0.444. The quantitative estimate of drug-likeness (QED) is 0.833. The first-order valence-electron chi connectivity index (χ1n) is 8.11. The molecule has 2 aromatic rings. The van der Waals surface area contributed by atoms with E-state index in [0.29, 0.717) is 26.4 Å². The third-order valence-electron chi connectivity index (χ3n) is 3.99. The number of hydrogen-bond acceptors (Lipinski definition) is 6. The van der Waals surface area contributed by atoms with Gasteiger partial charge in [-0.2, -0.15) is 0 Å². The van der Waals surface area contributed by atoms with Gasteiger partial charge < -0.3 is 24.4 Å². The van der Waals surface area contributed by atoms with Gasteiger partial charge >= 0.3 is 0 Å². The molecule has 0 bridgehead atoms. The van der Waals surface area contributed by atoms with Gasteiger partial charge in [-0.15, -0.1) is 11.3 Å². The van der Waals surface area contributed by atoms with Crippen LogP contribution in [0.3, 0.4) is 0 Å². The number of β-amino-alcohol motifs (C(OH)–C–C–N with tert-alkyl or cyclic N) is 1. The molecule has 0 spiro atoms. The van der Waals surface area contributed by atoms with E-state index in [-0.39, 0.29) is 0 Å². The Hall–Kier alpha value is -1.76. The van der Waals surface area contributed by atoms with E-state index in [9.17, 15) is 5.11 Å². The Morgan fingerprint density at radius 1 is 1.38 bits per heavy atom. The lowest BCUT2D eigenvalue weighted by Gasteiger charge is -2.33. The van der Waals surface area contributed by atoms with Crippen LogP contribution in [0.25, 0.3) is 0 Å². The molecule has 2 heterocycles. The van der Waals surface area contributed by atoms with Gasteiger partial charge in [0, 0.05) is 37.3 Å². The molecule has 0 amide bonds. The number of fused-ring (bicyclic) bond motifs is 1. The fourth-order valence-electron chi connectivity index (χ4n) is 2.73. The average Bonchev–Trinajstić information content (AvgIpc) is 3.08. The van der Waals surface area contributed by atoms with Crippen LogP contribution in [0.15, 0.2) is 35.7 Å². The molecule has 130 valence electrons. The van der Waals surface area contributed by atoms with Crippen LogP contribution in [0.1, 0.15) is 4.88 Å². The van der Waals surface area contributed by atoms with Gasteiger partial charge in [-0.25, -0.2) is 0 Å². The zero-order chi connectivity index (χ0) is 16.9. The Labute approximate surface area is 147 Å². The molecule has 0 saturated heterocycles. The number of ether oxygens (including phenoxy) is 2. The minimum atomic E-state index is -0.524. The molecule has 6 heteroatoms. The zero-order valence-corrected chi connectivity index (χ0v) is 15.0. The molecule has 1 aliphatic rings. The van der Waals surface area contributed by atoms with Gasteiger partial charge in [0.2, 0.25) is 0 Å². The Morgan fingerprint density at radius 3 is 3.00 bits per heavy atom. The number of thiophene rings is 1. The van der Waals surface area contributed by atoms with Crippen molar-refractivity contribution in [3.8, 4) is 5.75 Å². The molecule has 0 saturated carbocycles. The first-order valence-corrected chi connectivity index (χ1v) is 8.99. The van der Waals surface area contributed by atoms with Crippen LogP contribution in [-0.2, 0) is 11.3 Å². The Morgan fingerprint density at radius 2 is 2.25 bits per heavy atom. The molecule has 0 fully saturated rings. The van der Waals surface area contributed by atoms with Crippen LogP contribution in [0.4, 0.5) is 11.4 Å². The number of benzene rings is 1. The summed E-state index contributed by atoms with van der Waals surface area (Å²) in [6.07, 6.45) is -0.524. The zero-order valence-electron chi connectivity index (χ0n) is 14.1. The summed E-state index contributed by atoms with van der Waals surface area (Å²) in [5.41, 5.74) is 2.14. The van der Waals surface area contributed by atoms with E-state index in [1.807, 2.05) is 37.7 Å². The van der Waals surface area contributed by atoms with Gasteiger partial charge in [0.05, 0.1) is 31.5 Å². The van der Waals surface area contributed by atoms with E-state index in [4.69, 9.17) is 9.47 Å². The highest BCUT2D eigenvalue weighted by atomic mass is 32.1. The van der Waals surface area contributed by atoms with Crippen LogP contribution >= 0.6 is 11.3 Å². The Balaban J connectivity index is 1.56. The van der Waals surface area contributed by atoms with Crippen molar-refractivity contribution in [3.05, 3.63) is 40.6 Å². The summed E-state index contributed by atoms with van der Waals surface area (Å²) in [5, 5.41) is 12.3. The maximum Gasteiger partial charge on any atom is 0.144 e. The third kappa shape index (κ3) is 4.20. The maximum absolute atomic E-state index is 10.3. The van der Waals surface area contributed by atoms with Crippen molar-refractivity contribution in [1.29, 1.82) is 0 Å². The number of aliphatic hydroxyl groups excluding tert-OH is 1. The van der Waals surface area contributed by atoms with Crippen molar-refractivity contribution >= 4 is 22.7 Å². The molecule has 1 aromatic carbocycles. The van der Waals surface area contributed by atoms with E-state index < -0.39 is 6.10 Å². The van der Waals surface area contributed by atoms with E-state index in [1.165, 1.54) is 4.88 Å². The van der Waals surface area contributed by atoms with Crippen LogP contribution in [0.5, 0.6) is 5.75 Å². The molecule has 3 rings (SSSR count). The largest absolute Gasteiger partial charge is 0.489 e. The second kappa shape index (κ2) is 7.88. The van der Waals surface area contributed by atoms with Crippen LogP contribution in [-0.4, -0.2) is 51.6 Å². The second-order valence-electron chi connectivity index (χ2n) is 6.09. The number of aliphatic hydroxyl groups is 1. The summed E-state index contributed by atoms with van der Waals surface area (Å²) in [6, 6.07) is 10.2.